The van der Waals surface area contributed by atoms with E-state index in [4.69, 9.17) is 0 Å². The Balaban J connectivity index is 1.78. The second kappa shape index (κ2) is 9.30. The number of anilines is 2. The van der Waals surface area contributed by atoms with Crippen LogP contribution in [0.4, 0.5) is 24.4 Å². The Morgan fingerprint density at radius 2 is 2.03 bits per heavy atom. The number of aliphatic carboxylic acids is 1. The molecule has 0 aliphatic heterocycles. The van der Waals surface area contributed by atoms with Crippen LogP contribution >= 0.6 is 23.1 Å². The SMILES string of the molecule is CC(C)(Sc1cnc(NC(=O)N(CC2CCCC2)c2cccc(F)c2F)s1)C(=O)O. The smallest absolute Gasteiger partial charge is 0.328 e. The molecule has 30 heavy (non-hydrogen) atoms. The van der Waals surface area contributed by atoms with E-state index in [-0.39, 0.29) is 23.3 Å². The minimum Gasteiger partial charge on any atom is -0.480 e. The average Bonchev–Trinajstić information content (AvgIpc) is 3.34. The van der Waals surface area contributed by atoms with Gasteiger partial charge in [-0.1, -0.05) is 42.0 Å². The van der Waals surface area contributed by atoms with Gasteiger partial charge in [-0.2, -0.15) is 0 Å². The lowest BCUT2D eigenvalue weighted by Crippen LogP contribution is -2.39. The molecule has 10 heteroatoms. The zero-order valence-electron chi connectivity index (χ0n) is 16.7. The summed E-state index contributed by atoms with van der Waals surface area (Å²) in [6.45, 7) is 3.44. The number of thiazole rings is 1. The quantitative estimate of drug-likeness (QED) is 0.531. The van der Waals surface area contributed by atoms with Gasteiger partial charge in [0.25, 0.3) is 0 Å². The van der Waals surface area contributed by atoms with Crippen LogP contribution in [-0.4, -0.2) is 33.4 Å². The van der Waals surface area contributed by atoms with E-state index in [0.29, 0.717) is 4.21 Å². The number of rotatable bonds is 7. The van der Waals surface area contributed by atoms with Crippen LogP contribution in [0.15, 0.2) is 28.6 Å². The van der Waals surface area contributed by atoms with Gasteiger partial charge in [0.2, 0.25) is 0 Å². The number of carboxylic acid groups (broad SMARTS) is 1. The molecule has 2 aromatic rings. The van der Waals surface area contributed by atoms with Crippen LogP contribution in [0.1, 0.15) is 39.5 Å². The van der Waals surface area contributed by atoms with Crippen molar-refractivity contribution in [3.05, 3.63) is 36.0 Å². The largest absolute Gasteiger partial charge is 0.480 e. The monoisotopic (exact) mass is 455 g/mol. The number of carbonyl (C=O) groups excluding carboxylic acids is 1. The van der Waals surface area contributed by atoms with Gasteiger partial charge in [0.1, 0.15) is 4.75 Å². The summed E-state index contributed by atoms with van der Waals surface area (Å²) in [5, 5.41) is 12.2. The number of hydrogen-bond acceptors (Lipinski definition) is 5. The maximum Gasteiger partial charge on any atom is 0.328 e. The highest BCUT2D eigenvalue weighted by Crippen LogP contribution is 2.38. The molecular formula is C20H23F2N3O3S2. The Morgan fingerprint density at radius 3 is 2.70 bits per heavy atom. The number of nitrogens with zero attached hydrogens (tertiary/aromatic N) is 2. The summed E-state index contributed by atoms with van der Waals surface area (Å²) >= 11 is 2.25. The highest BCUT2D eigenvalue weighted by molar-refractivity contribution is 8.03. The van der Waals surface area contributed by atoms with Crippen LogP contribution in [0.25, 0.3) is 0 Å². The molecule has 1 saturated carbocycles. The first-order valence-corrected chi connectivity index (χ1v) is 11.2. The molecule has 6 nitrogen and oxygen atoms in total. The summed E-state index contributed by atoms with van der Waals surface area (Å²) < 4.78 is 27.8. The van der Waals surface area contributed by atoms with Crippen molar-refractivity contribution in [1.82, 2.24) is 4.98 Å². The molecule has 3 rings (SSSR count). The number of hydrogen-bond donors (Lipinski definition) is 2. The fourth-order valence-corrected chi connectivity index (χ4v) is 5.52. The number of aromatic nitrogens is 1. The van der Waals surface area contributed by atoms with Crippen LogP contribution in [0, 0.1) is 17.6 Å². The highest BCUT2D eigenvalue weighted by atomic mass is 32.2. The molecule has 0 bridgehead atoms. The summed E-state index contributed by atoms with van der Waals surface area (Å²) in [6.07, 6.45) is 5.46. The lowest BCUT2D eigenvalue weighted by molar-refractivity contribution is -0.138. The Labute approximate surface area is 181 Å². The van der Waals surface area contributed by atoms with Crippen molar-refractivity contribution in [3.63, 3.8) is 0 Å². The lowest BCUT2D eigenvalue weighted by atomic mass is 10.1. The van der Waals surface area contributed by atoms with Crippen molar-refractivity contribution in [1.29, 1.82) is 0 Å². The Hall–Kier alpha value is -2.20. The molecule has 2 amide bonds. The topological polar surface area (TPSA) is 82.5 Å². The Kier molecular flexibility index (Phi) is 6.97. The molecule has 0 unspecified atom stereocenters. The number of carbonyl (C=O) groups is 2. The van der Waals surface area contributed by atoms with E-state index in [1.165, 1.54) is 23.2 Å². The third-order valence-electron chi connectivity index (χ3n) is 4.95. The number of thioether (sulfide) groups is 1. The molecule has 1 aromatic heterocycles. The van der Waals surface area contributed by atoms with E-state index >= 15 is 0 Å². The van der Waals surface area contributed by atoms with Crippen molar-refractivity contribution in [2.24, 2.45) is 5.92 Å². The summed E-state index contributed by atoms with van der Waals surface area (Å²) in [5.74, 6) is -2.82. The van der Waals surface area contributed by atoms with Crippen molar-refractivity contribution in [3.8, 4) is 0 Å². The molecule has 0 spiro atoms. The summed E-state index contributed by atoms with van der Waals surface area (Å²) in [5.41, 5.74) is -0.113. The molecule has 0 saturated heterocycles. The van der Waals surface area contributed by atoms with Crippen LogP contribution < -0.4 is 10.2 Å². The Morgan fingerprint density at radius 1 is 1.33 bits per heavy atom. The predicted molar refractivity (Wildman–Crippen MR) is 114 cm³/mol. The van der Waals surface area contributed by atoms with Gasteiger partial charge in [0, 0.05) is 6.54 Å². The van der Waals surface area contributed by atoms with Crippen LogP contribution in [0.2, 0.25) is 0 Å². The van der Waals surface area contributed by atoms with E-state index in [2.05, 4.69) is 10.3 Å². The second-order valence-electron chi connectivity index (χ2n) is 7.67. The van der Waals surface area contributed by atoms with Gasteiger partial charge in [-0.25, -0.2) is 18.6 Å². The molecule has 1 aliphatic rings. The number of carboxylic acids is 1. The fourth-order valence-electron chi connectivity index (χ4n) is 3.26. The average molecular weight is 456 g/mol. The van der Waals surface area contributed by atoms with E-state index in [9.17, 15) is 23.5 Å². The maximum atomic E-state index is 14.4. The molecule has 1 heterocycles. The fraction of sp³-hybridized carbons (Fsp3) is 0.450. The van der Waals surface area contributed by atoms with Crippen molar-refractivity contribution in [2.45, 2.75) is 48.5 Å². The van der Waals surface area contributed by atoms with Crippen molar-refractivity contribution < 1.29 is 23.5 Å². The lowest BCUT2D eigenvalue weighted by Gasteiger charge is -2.26. The number of benzene rings is 1. The third-order valence-corrected chi connectivity index (χ3v) is 7.15. The second-order valence-corrected chi connectivity index (χ2v) is 10.6. The molecule has 1 fully saturated rings. The molecule has 0 atom stereocenters. The van der Waals surface area contributed by atoms with Gasteiger partial charge in [0.05, 0.1) is 16.1 Å². The zero-order chi connectivity index (χ0) is 21.9. The molecular weight excluding hydrogens is 432 g/mol. The minimum atomic E-state index is -1.07. The van der Waals surface area contributed by atoms with E-state index in [0.717, 1.165) is 54.8 Å². The van der Waals surface area contributed by atoms with Gasteiger partial charge in [-0.15, -0.1) is 0 Å². The van der Waals surface area contributed by atoms with Crippen LogP contribution in [0.3, 0.4) is 0 Å². The Bertz CT molecular complexity index is 930. The molecule has 2 N–H and O–H groups in total. The van der Waals surface area contributed by atoms with Gasteiger partial charge in [-0.3, -0.25) is 15.0 Å². The summed E-state index contributed by atoms with van der Waals surface area (Å²) in [7, 11) is 0. The highest BCUT2D eigenvalue weighted by Gasteiger charge is 2.30. The third kappa shape index (κ3) is 5.28. The first kappa shape index (κ1) is 22.5. The number of amides is 2. The first-order valence-electron chi connectivity index (χ1n) is 9.58. The predicted octanol–water partition coefficient (Wildman–Crippen LogP) is 5.61. The molecule has 1 aromatic carbocycles. The van der Waals surface area contributed by atoms with E-state index in [1.54, 1.807) is 13.8 Å². The minimum absolute atomic E-state index is 0.113. The summed E-state index contributed by atoms with van der Waals surface area (Å²) in [6, 6.07) is 3.16. The van der Waals surface area contributed by atoms with Crippen molar-refractivity contribution in [2.75, 3.05) is 16.8 Å². The van der Waals surface area contributed by atoms with Gasteiger partial charge in [-0.05, 0) is 44.7 Å². The molecule has 1 aliphatic carbocycles. The summed E-state index contributed by atoms with van der Waals surface area (Å²) in [4.78, 5) is 29.6. The van der Waals surface area contributed by atoms with Crippen molar-refractivity contribution >= 4 is 45.9 Å². The number of nitrogens with one attached hydrogen (secondary N) is 1. The zero-order valence-corrected chi connectivity index (χ0v) is 18.3. The van der Waals surface area contributed by atoms with Crippen LogP contribution in [0.5, 0.6) is 0 Å². The number of halogens is 2. The van der Waals surface area contributed by atoms with Gasteiger partial charge >= 0.3 is 12.0 Å². The van der Waals surface area contributed by atoms with E-state index in [1.807, 2.05) is 0 Å². The van der Waals surface area contributed by atoms with Gasteiger partial charge < -0.3 is 5.11 Å². The van der Waals surface area contributed by atoms with Gasteiger partial charge in [0.15, 0.2) is 16.8 Å². The first-order chi connectivity index (χ1) is 14.2. The van der Waals surface area contributed by atoms with E-state index < -0.39 is 28.4 Å². The number of urea groups is 1. The maximum absolute atomic E-state index is 14.4. The molecule has 162 valence electrons. The van der Waals surface area contributed by atoms with Crippen LogP contribution in [-0.2, 0) is 4.79 Å². The normalized spacial score (nSPS) is 14.7. The molecule has 0 radical (unpaired) electrons. The standard InChI is InChI=1S/C20H23F2N3O3S2/c1-20(2,17(26)27)30-15-10-23-18(29-15)24-19(28)25(11-12-6-3-4-7-12)14-9-5-8-13(21)16(14)22/h5,8-10,12H,3-4,6-7,11H2,1-2H3,(H,26,27)(H,23,24,28).